The number of hydrogen-bond donors (Lipinski definition) is 1. The van der Waals surface area contributed by atoms with E-state index < -0.39 is 47.3 Å². The fraction of sp³-hybridized carbons (Fsp3) is 0.704. The first-order chi connectivity index (χ1) is 18.0. The highest BCUT2D eigenvalue weighted by atomic mass is 19.4. The molecule has 3 aliphatic heterocycles. The van der Waals surface area contributed by atoms with Crippen LogP contribution in [-0.2, 0) is 15.8 Å². The van der Waals surface area contributed by atoms with Crippen LogP contribution in [-0.4, -0.2) is 83.9 Å². The van der Waals surface area contributed by atoms with Gasteiger partial charge in [-0.1, -0.05) is 18.9 Å². The summed E-state index contributed by atoms with van der Waals surface area (Å²) in [5.74, 6) is -3.16. The highest BCUT2D eigenvalue weighted by Gasteiger charge is 2.51. The zero-order valence-electron chi connectivity index (χ0n) is 21.2. The van der Waals surface area contributed by atoms with Crippen molar-refractivity contribution in [3.05, 3.63) is 29.3 Å². The molecule has 3 saturated heterocycles. The van der Waals surface area contributed by atoms with E-state index in [0.29, 0.717) is 12.1 Å². The molecule has 0 radical (unpaired) electrons. The second-order valence-electron chi connectivity index (χ2n) is 11.3. The van der Waals surface area contributed by atoms with Crippen molar-refractivity contribution in [3.8, 4) is 0 Å². The predicted octanol–water partition coefficient (Wildman–Crippen LogP) is 4.63. The number of likely N-dealkylation sites (tertiary alicyclic amines) is 2. The Kier molecular flexibility index (Phi) is 7.34. The number of piperidine rings is 1. The largest absolute Gasteiger partial charge is 0.481 e. The van der Waals surface area contributed by atoms with E-state index in [1.807, 2.05) is 4.90 Å². The summed E-state index contributed by atoms with van der Waals surface area (Å²) in [4.78, 5) is 29.5. The van der Waals surface area contributed by atoms with Crippen LogP contribution in [0, 0.1) is 5.92 Å². The molecule has 3 heterocycles. The topological polar surface area (TPSA) is 64.1 Å². The number of benzene rings is 1. The maximum Gasteiger partial charge on any atom is 0.416 e. The van der Waals surface area contributed by atoms with Gasteiger partial charge in [0.2, 0.25) is 5.67 Å². The number of nitrogens with zero attached hydrogens (tertiary/aromatic N) is 3. The summed E-state index contributed by atoms with van der Waals surface area (Å²) < 4.78 is 71.9. The van der Waals surface area contributed by atoms with Crippen molar-refractivity contribution >= 4 is 17.6 Å². The predicted molar refractivity (Wildman–Crippen MR) is 131 cm³/mol. The number of carboxylic acid groups (broad SMARTS) is 1. The van der Waals surface area contributed by atoms with Crippen molar-refractivity contribution in [1.29, 1.82) is 0 Å². The Balaban J connectivity index is 1.35. The Bertz CT molecular complexity index is 1050. The maximum atomic E-state index is 15.8. The lowest BCUT2D eigenvalue weighted by molar-refractivity contribution is -0.143. The van der Waals surface area contributed by atoms with Gasteiger partial charge in [-0.15, -0.1) is 0 Å². The van der Waals surface area contributed by atoms with E-state index in [9.17, 15) is 27.9 Å². The van der Waals surface area contributed by atoms with Crippen molar-refractivity contribution in [3.63, 3.8) is 0 Å². The summed E-state index contributed by atoms with van der Waals surface area (Å²) in [6, 6.07) is 3.43. The molecular weight excluding hydrogens is 509 g/mol. The molecule has 4 aliphatic rings. The van der Waals surface area contributed by atoms with Gasteiger partial charge in [-0.3, -0.25) is 14.5 Å². The van der Waals surface area contributed by atoms with Gasteiger partial charge in [-0.25, -0.2) is 8.78 Å². The fourth-order valence-corrected chi connectivity index (χ4v) is 6.74. The zero-order chi connectivity index (χ0) is 27.2. The van der Waals surface area contributed by atoms with E-state index in [4.69, 9.17) is 0 Å². The highest BCUT2D eigenvalue weighted by Crippen LogP contribution is 2.42. The van der Waals surface area contributed by atoms with Crippen LogP contribution in [0.3, 0.4) is 0 Å². The molecule has 0 unspecified atom stereocenters. The van der Waals surface area contributed by atoms with Crippen LogP contribution in [0.4, 0.5) is 27.6 Å². The first kappa shape index (κ1) is 27.1. The third-order valence-corrected chi connectivity index (χ3v) is 8.95. The average molecular weight is 544 g/mol. The van der Waals surface area contributed by atoms with Crippen molar-refractivity contribution < 1.29 is 36.6 Å². The lowest BCUT2D eigenvalue weighted by Crippen LogP contribution is -2.48. The van der Waals surface area contributed by atoms with Gasteiger partial charge in [0.1, 0.15) is 6.17 Å². The minimum atomic E-state index is -4.60. The highest BCUT2D eigenvalue weighted by molar-refractivity contribution is 5.86. The third-order valence-electron chi connectivity index (χ3n) is 8.95. The Morgan fingerprint density at radius 2 is 1.68 bits per heavy atom. The molecule has 1 N–H and O–H groups in total. The normalized spacial score (nSPS) is 29.9. The van der Waals surface area contributed by atoms with Gasteiger partial charge < -0.3 is 14.9 Å². The third kappa shape index (κ3) is 5.22. The number of amides is 1. The molecule has 1 amide bonds. The molecule has 1 aromatic rings. The van der Waals surface area contributed by atoms with E-state index >= 15 is 8.78 Å². The SMILES string of the molecule is O=C(O)C1CCN(c2cc(C(F)(F)F)ccc2[C@H]2CN(C(=O)[C@@]3(F)CCN(C4CCCC4)C3)C[C@H]2F)CC1. The van der Waals surface area contributed by atoms with Gasteiger partial charge in [0, 0.05) is 56.8 Å². The van der Waals surface area contributed by atoms with E-state index in [1.54, 1.807) is 4.90 Å². The summed E-state index contributed by atoms with van der Waals surface area (Å²) in [7, 11) is 0. The molecular formula is C27H34F5N3O3. The number of alkyl halides is 5. The monoisotopic (exact) mass is 543 g/mol. The van der Waals surface area contributed by atoms with Crippen LogP contribution in [0.1, 0.15) is 62.0 Å². The molecule has 4 fully saturated rings. The fourth-order valence-electron chi connectivity index (χ4n) is 6.74. The van der Waals surface area contributed by atoms with Crippen LogP contribution in [0.15, 0.2) is 18.2 Å². The second kappa shape index (κ2) is 10.3. The molecule has 6 nitrogen and oxygen atoms in total. The van der Waals surface area contributed by atoms with Crippen LogP contribution in [0.5, 0.6) is 0 Å². The van der Waals surface area contributed by atoms with Crippen LogP contribution < -0.4 is 4.90 Å². The number of hydrogen-bond acceptors (Lipinski definition) is 4. The molecule has 1 aromatic carbocycles. The van der Waals surface area contributed by atoms with Crippen LogP contribution in [0.25, 0.3) is 0 Å². The standard InChI is InChI=1S/C27H34F5N3O3/c28-22-15-35(25(38)26(29)9-12-34(16-26)19-3-1-2-4-19)14-21(22)20-6-5-18(27(30,31)32)13-23(20)33-10-7-17(8-11-33)24(36)37/h5-6,13,17,19,21-22H,1-4,7-12,14-16H2,(H,36,37)/t21-,22-,26-/m1/s1. The molecule has 11 heteroatoms. The Labute approximate surface area is 218 Å². The van der Waals surface area contributed by atoms with Crippen molar-refractivity contribution in [2.75, 3.05) is 44.2 Å². The van der Waals surface area contributed by atoms with Gasteiger partial charge in [0.15, 0.2) is 0 Å². The summed E-state index contributed by atoms with van der Waals surface area (Å²) in [5, 5.41) is 9.29. The van der Waals surface area contributed by atoms with Crippen molar-refractivity contribution in [2.45, 2.75) is 74.9 Å². The lowest BCUT2D eigenvalue weighted by Gasteiger charge is -2.35. The average Bonchev–Trinajstić information content (AvgIpc) is 3.63. The molecule has 0 spiro atoms. The second-order valence-corrected chi connectivity index (χ2v) is 11.3. The van der Waals surface area contributed by atoms with E-state index in [1.165, 1.54) is 11.0 Å². The Morgan fingerprint density at radius 3 is 2.32 bits per heavy atom. The molecule has 3 atom stereocenters. The molecule has 0 aromatic heterocycles. The molecule has 38 heavy (non-hydrogen) atoms. The molecule has 210 valence electrons. The number of rotatable bonds is 5. The van der Waals surface area contributed by atoms with Gasteiger partial charge in [-0.05, 0) is 43.4 Å². The van der Waals surface area contributed by atoms with Gasteiger partial charge in [0.25, 0.3) is 5.91 Å². The summed E-state index contributed by atoms with van der Waals surface area (Å²) in [5.41, 5.74) is -2.42. The number of carbonyl (C=O) groups excluding carboxylic acids is 1. The van der Waals surface area contributed by atoms with E-state index in [-0.39, 0.29) is 63.7 Å². The zero-order valence-corrected chi connectivity index (χ0v) is 21.2. The summed E-state index contributed by atoms with van der Waals surface area (Å²) >= 11 is 0. The minimum Gasteiger partial charge on any atom is -0.481 e. The maximum absolute atomic E-state index is 15.8. The Hall–Kier alpha value is -2.43. The molecule has 1 saturated carbocycles. The quantitative estimate of drug-likeness (QED) is 0.549. The van der Waals surface area contributed by atoms with Gasteiger partial charge in [-0.2, -0.15) is 13.2 Å². The molecule has 1 aliphatic carbocycles. The molecule has 0 bridgehead atoms. The first-order valence-corrected chi connectivity index (χ1v) is 13.5. The number of carbonyl (C=O) groups is 2. The number of halogens is 5. The Morgan fingerprint density at radius 1 is 1.00 bits per heavy atom. The van der Waals surface area contributed by atoms with Crippen molar-refractivity contribution in [2.24, 2.45) is 5.92 Å². The van der Waals surface area contributed by atoms with Crippen molar-refractivity contribution in [1.82, 2.24) is 9.80 Å². The van der Waals surface area contributed by atoms with Gasteiger partial charge in [0.05, 0.1) is 18.0 Å². The smallest absolute Gasteiger partial charge is 0.416 e. The van der Waals surface area contributed by atoms with E-state index in [2.05, 4.69) is 0 Å². The molecule has 5 rings (SSSR count). The summed E-state index contributed by atoms with van der Waals surface area (Å²) in [6.07, 6.45) is -1.40. The lowest BCUT2D eigenvalue weighted by atomic mass is 9.91. The number of aliphatic carboxylic acids is 1. The van der Waals surface area contributed by atoms with Crippen LogP contribution >= 0.6 is 0 Å². The van der Waals surface area contributed by atoms with Crippen LogP contribution in [0.2, 0.25) is 0 Å². The van der Waals surface area contributed by atoms with Gasteiger partial charge >= 0.3 is 12.1 Å². The summed E-state index contributed by atoms with van der Waals surface area (Å²) in [6.45, 7) is 0.515. The van der Waals surface area contributed by atoms with E-state index in [0.717, 1.165) is 37.8 Å². The number of anilines is 1. The minimum absolute atomic E-state index is 0.00132. The number of carboxylic acids is 1. The first-order valence-electron chi connectivity index (χ1n) is 13.5.